The summed E-state index contributed by atoms with van der Waals surface area (Å²) in [5.41, 5.74) is 3.78. The van der Waals surface area contributed by atoms with E-state index in [1.807, 2.05) is 25.1 Å². The Morgan fingerprint density at radius 2 is 1.67 bits per heavy atom. The van der Waals surface area contributed by atoms with Crippen LogP contribution in [0.1, 0.15) is 42.6 Å². The molecule has 0 bridgehead atoms. The van der Waals surface area contributed by atoms with Gasteiger partial charge in [0.25, 0.3) is 5.91 Å². The zero-order valence-corrected chi connectivity index (χ0v) is 16.0. The van der Waals surface area contributed by atoms with E-state index in [1.165, 1.54) is 0 Å². The molecule has 0 saturated carbocycles. The monoisotopic (exact) mass is 370 g/mol. The number of ether oxygens (including phenoxy) is 3. The standard InChI is InChI=1S/C21H26N2O4/c1-4-12-26-19-11-8-17(20(14-19)27-13-5-2)15-22-23-21(24)16-6-9-18(25-3)10-7-16/h6-11,14-15H,4-5,12-13H2,1-3H3,(H,23,24)/b22-15-. The molecule has 0 radical (unpaired) electrons. The summed E-state index contributed by atoms with van der Waals surface area (Å²) in [7, 11) is 1.58. The van der Waals surface area contributed by atoms with Crippen molar-refractivity contribution in [2.24, 2.45) is 5.10 Å². The molecule has 1 amide bonds. The molecule has 0 aliphatic heterocycles. The molecule has 2 rings (SSSR count). The minimum Gasteiger partial charge on any atom is -0.497 e. The number of nitrogens with one attached hydrogen (secondary N) is 1. The van der Waals surface area contributed by atoms with Gasteiger partial charge in [-0.05, 0) is 49.2 Å². The Morgan fingerprint density at radius 1 is 1.00 bits per heavy atom. The molecule has 0 atom stereocenters. The highest BCUT2D eigenvalue weighted by molar-refractivity contribution is 5.95. The minimum atomic E-state index is -0.298. The SMILES string of the molecule is CCCOc1ccc(/C=N\NC(=O)c2ccc(OC)cc2)c(OCCC)c1. The molecule has 0 fully saturated rings. The van der Waals surface area contributed by atoms with E-state index in [0.717, 1.165) is 24.2 Å². The number of methoxy groups -OCH3 is 1. The number of hydrogen-bond acceptors (Lipinski definition) is 5. The topological polar surface area (TPSA) is 69.2 Å². The van der Waals surface area contributed by atoms with Gasteiger partial charge in [0.15, 0.2) is 0 Å². The quantitative estimate of drug-likeness (QED) is 0.506. The van der Waals surface area contributed by atoms with Crippen LogP contribution in [0, 0.1) is 0 Å². The summed E-state index contributed by atoms with van der Waals surface area (Å²) in [5, 5.41) is 4.04. The number of amides is 1. The van der Waals surface area contributed by atoms with Crippen LogP contribution in [0.5, 0.6) is 17.2 Å². The van der Waals surface area contributed by atoms with Crippen LogP contribution in [0.15, 0.2) is 47.6 Å². The van der Waals surface area contributed by atoms with Crippen LogP contribution in [0.4, 0.5) is 0 Å². The van der Waals surface area contributed by atoms with Crippen LogP contribution in [0.25, 0.3) is 0 Å². The maximum atomic E-state index is 12.1. The molecule has 6 heteroatoms. The van der Waals surface area contributed by atoms with Crippen molar-refractivity contribution in [3.63, 3.8) is 0 Å². The number of benzene rings is 2. The van der Waals surface area contributed by atoms with Crippen molar-refractivity contribution in [2.45, 2.75) is 26.7 Å². The van der Waals surface area contributed by atoms with Crippen molar-refractivity contribution < 1.29 is 19.0 Å². The zero-order valence-electron chi connectivity index (χ0n) is 16.0. The van der Waals surface area contributed by atoms with Gasteiger partial charge < -0.3 is 14.2 Å². The molecule has 0 unspecified atom stereocenters. The fourth-order valence-electron chi connectivity index (χ4n) is 2.24. The predicted octanol–water partition coefficient (Wildman–Crippen LogP) is 4.04. The average Bonchev–Trinajstić information content (AvgIpc) is 2.71. The second-order valence-corrected chi connectivity index (χ2v) is 5.82. The molecule has 1 N–H and O–H groups in total. The molecular weight excluding hydrogens is 344 g/mol. The molecule has 2 aromatic carbocycles. The highest BCUT2D eigenvalue weighted by Crippen LogP contribution is 2.24. The lowest BCUT2D eigenvalue weighted by molar-refractivity contribution is 0.0955. The fraction of sp³-hybridized carbons (Fsp3) is 0.333. The lowest BCUT2D eigenvalue weighted by Gasteiger charge is -2.11. The van der Waals surface area contributed by atoms with Crippen molar-refractivity contribution in [1.29, 1.82) is 0 Å². The lowest BCUT2D eigenvalue weighted by atomic mass is 10.2. The highest BCUT2D eigenvalue weighted by atomic mass is 16.5. The van der Waals surface area contributed by atoms with Gasteiger partial charge in [0.05, 0.1) is 26.5 Å². The molecule has 0 spiro atoms. The largest absolute Gasteiger partial charge is 0.497 e. The summed E-state index contributed by atoms with van der Waals surface area (Å²) in [6, 6.07) is 12.4. The first-order valence-electron chi connectivity index (χ1n) is 9.05. The maximum absolute atomic E-state index is 12.1. The van der Waals surface area contributed by atoms with Gasteiger partial charge in [-0.25, -0.2) is 5.43 Å². The first-order chi connectivity index (χ1) is 13.2. The van der Waals surface area contributed by atoms with E-state index in [4.69, 9.17) is 14.2 Å². The number of hydrazone groups is 1. The Bertz CT molecular complexity index is 757. The normalized spacial score (nSPS) is 10.6. The Hall–Kier alpha value is -3.02. The average molecular weight is 370 g/mol. The third kappa shape index (κ3) is 6.33. The van der Waals surface area contributed by atoms with Crippen molar-refractivity contribution in [2.75, 3.05) is 20.3 Å². The summed E-state index contributed by atoms with van der Waals surface area (Å²) in [5.74, 6) is 1.82. The second-order valence-electron chi connectivity index (χ2n) is 5.82. The number of carbonyl (C=O) groups is 1. The van der Waals surface area contributed by atoms with Crippen molar-refractivity contribution >= 4 is 12.1 Å². The van der Waals surface area contributed by atoms with Gasteiger partial charge in [-0.3, -0.25) is 4.79 Å². The highest BCUT2D eigenvalue weighted by Gasteiger charge is 2.06. The summed E-state index contributed by atoms with van der Waals surface area (Å²) in [6.45, 7) is 5.34. The van der Waals surface area contributed by atoms with Crippen LogP contribution >= 0.6 is 0 Å². The molecule has 0 heterocycles. The molecule has 27 heavy (non-hydrogen) atoms. The first kappa shape index (κ1) is 20.3. The first-order valence-corrected chi connectivity index (χ1v) is 9.05. The van der Waals surface area contributed by atoms with E-state index in [2.05, 4.69) is 17.5 Å². The third-order valence-electron chi connectivity index (χ3n) is 3.64. The van der Waals surface area contributed by atoms with Crippen molar-refractivity contribution in [1.82, 2.24) is 5.43 Å². The number of hydrogen-bond donors (Lipinski definition) is 1. The summed E-state index contributed by atoms with van der Waals surface area (Å²) < 4.78 is 16.5. The Labute approximate surface area is 160 Å². The minimum absolute atomic E-state index is 0.298. The Morgan fingerprint density at radius 3 is 2.33 bits per heavy atom. The molecule has 0 aliphatic rings. The van der Waals surface area contributed by atoms with Gasteiger partial charge in [0, 0.05) is 17.2 Å². The molecule has 0 aromatic heterocycles. The number of rotatable bonds is 10. The fourth-order valence-corrected chi connectivity index (χ4v) is 2.24. The van der Waals surface area contributed by atoms with Gasteiger partial charge in [-0.15, -0.1) is 0 Å². The lowest BCUT2D eigenvalue weighted by Crippen LogP contribution is -2.17. The van der Waals surface area contributed by atoms with Gasteiger partial charge in [-0.2, -0.15) is 5.10 Å². The van der Waals surface area contributed by atoms with Gasteiger partial charge >= 0.3 is 0 Å². The van der Waals surface area contributed by atoms with Crippen LogP contribution in [-0.4, -0.2) is 32.4 Å². The van der Waals surface area contributed by atoms with Crippen molar-refractivity contribution in [3.05, 3.63) is 53.6 Å². The van der Waals surface area contributed by atoms with E-state index >= 15 is 0 Å². The zero-order chi connectivity index (χ0) is 19.5. The van der Waals surface area contributed by atoms with Gasteiger partial charge in [0.2, 0.25) is 0 Å². The third-order valence-corrected chi connectivity index (χ3v) is 3.64. The number of nitrogens with zero attached hydrogens (tertiary/aromatic N) is 1. The van der Waals surface area contributed by atoms with Crippen LogP contribution < -0.4 is 19.6 Å². The molecule has 6 nitrogen and oxygen atoms in total. The molecule has 144 valence electrons. The maximum Gasteiger partial charge on any atom is 0.271 e. The van der Waals surface area contributed by atoms with E-state index in [1.54, 1.807) is 37.6 Å². The van der Waals surface area contributed by atoms with Crippen LogP contribution in [-0.2, 0) is 0 Å². The van der Waals surface area contributed by atoms with E-state index in [0.29, 0.717) is 30.3 Å². The summed E-state index contributed by atoms with van der Waals surface area (Å²) in [6.07, 6.45) is 3.40. The van der Waals surface area contributed by atoms with Crippen LogP contribution in [0.2, 0.25) is 0 Å². The van der Waals surface area contributed by atoms with Gasteiger partial charge in [-0.1, -0.05) is 13.8 Å². The van der Waals surface area contributed by atoms with Gasteiger partial charge in [0.1, 0.15) is 17.2 Å². The Kier molecular flexibility index (Phi) is 8.16. The molecule has 0 aliphatic carbocycles. The van der Waals surface area contributed by atoms with E-state index in [-0.39, 0.29) is 5.91 Å². The second kappa shape index (κ2) is 10.9. The molecular formula is C21H26N2O4. The molecule has 2 aromatic rings. The molecule has 0 saturated heterocycles. The van der Waals surface area contributed by atoms with E-state index in [9.17, 15) is 4.79 Å². The number of carbonyl (C=O) groups excluding carboxylic acids is 1. The van der Waals surface area contributed by atoms with E-state index < -0.39 is 0 Å². The Balaban J connectivity index is 2.05. The predicted molar refractivity (Wildman–Crippen MR) is 106 cm³/mol. The smallest absolute Gasteiger partial charge is 0.271 e. The van der Waals surface area contributed by atoms with Crippen LogP contribution in [0.3, 0.4) is 0 Å². The summed E-state index contributed by atoms with van der Waals surface area (Å²) in [4.78, 5) is 12.1. The summed E-state index contributed by atoms with van der Waals surface area (Å²) >= 11 is 0. The van der Waals surface area contributed by atoms with Crippen molar-refractivity contribution in [3.8, 4) is 17.2 Å².